The highest BCUT2D eigenvalue weighted by Crippen LogP contribution is 2.35. The molecule has 0 aromatic heterocycles. The van der Waals surface area contributed by atoms with Crippen molar-refractivity contribution in [3.05, 3.63) is 90.8 Å². The summed E-state index contributed by atoms with van der Waals surface area (Å²) < 4.78 is 8.96. The minimum atomic E-state index is 0.520. The van der Waals surface area contributed by atoms with Crippen LogP contribution in [-0.4, -0.2) is 0 Å². The second-order valence-corrected chi connectivity index (χ2v) is 8.79. The van der Waals surface area contributed by atoms with Crippen LogP contribution in [-0.2, 0) is 19.6 Å². The van der Waals surface area contributed by atoms with Crippen LogP contribution in [0.1, 0.15) is 23.6 Å². The van der Waals surface area contributed by atoms with E-state index in [9.17, 15) is 0 Å². The molecule has 0 saturated heterocycles. The van der Waals surface area contributed by atoms with Gasteiger partial charge in [-0.1, -0.05) is 53.2 Å². The number of benzene rings is 3. The second-order valence-electron chi connectivity index (χ2n) is 6.17. The fourth-order valence-corrected chi connectivity index (χ4v) is 4.56. The van der Waals surface area contributed by atoms with E-state index in [4.69, 9.17) is 4.74 Å². The molecule has 0 heterocycles. The molecule has 0 fully saturated rings. The first-order valence-corrected chi connectivity index (χ1v) is 11.1. The van der Waals surface area contributed by atoms with Gasteiger partial charge in [0.2, 0.25) is 0 Å². The molecule has 0 bridgehead atoms. The molecule has 0 spiro atoms. The molecule has 0 amide bonds. The van der Waals surface area contributed by atoms with Crippen LogP contribution in [0.2, 0.25) is 0 Å². The highest BCUT2D eigenvalue weighted by Gasteiger charge is 2.10. The van der Waals surface area contributed by atoms with E-state index in [1.54, 1.807) is 0 Å². The van der Waals surface area contributed by atoms with Gasteiger partial charge in [0.1, 0.15) is 12.4 Å². The molecule has 0 atom stereocenters. The van der Waals surface area contributed by atoms with E-state index in [1.807, 2.05) is 12.1 Å². The number of hydrogen-bond donors (Lipinski definition) is 1. The topological polar surface area (TPSA) is 21.3 Å². The van der Waals surface area contributed by atoms with Crippen LogP contribution >= 0.6 is 47.8 Å². The summed E-state index contributed by atoms with van der Waals surface area (Å²) in [6, 6.07) is 20.8. The monoisotopic (exact) mass is 551 g/mol. The molecular weight excluding hydrogens is 534 g/mol. The Labute approximate surface area is 185 Å². The molecule has 0 aliphatic heterocycles. The van der Waals surface area contributed by atoms with Crippen molar-refractivity contribution in [3.8, 4) is 5.75 Å². The molecule has 3 rings (SSSR count). The molecule has 2 nitrogen and oxygen atoms in total. The molecule has 0 radical (unpaired) electrons. The maximum absolute atomic E-state index is 6.02. The first kappa shape index (κ1) is 20.4. The van der Waals surface area contributed by atoms with Crippen LogP contribution in [0.15, 0.2) is 74.1 Å². The lowest BCUT2D eigenvalue weighted by molar-refractivity contribution is 0.302. The lowest BCUT2D eigenvalue weighted by Gasteiger charge is -2.14. The van der Waals surface area contributed by atoms with Crippen molar-refractivity contribution in [2.75, 3.05) is 5.32 Å². The number of nitrogens with one attached hydrogen (secondary N) is 1. The lowest BCUT2D eigenvalue weighted by Crippen LogP contribution is -2.03. The van der Waals surface area contributed by atoms with E-state index in [0.717, 1.165) is 37.7 Å². The van der Waals surface area contributed by atoms with E-state index in [0.29, 0.717) is 6.61 Å². The average Bonchev–Trinajstić information content (AvgIpc) is 2.67. The van der Waals surface area contributed by atoms with Gasteiger partial charge in [-0.2, -0.15) is 0 Å². The van der Waals surface area contributed by atoms with Crippen molar-refractivity contribution >= 4 is 53.5 Å². The predicted molar refractivity (Wildman–Crippen MR) is 123 cm³/mol. The van der Waals surface area contributed by atoms with E-state index in [1.165, 1.54) is 16.8 Å². The Balaban J connectivity index is 1.68. The summed E-state index contributed by atoms with van der Waals surface area (Å²) in [4.78, 5) is 0. The summed E-state index contributed by atoms with van der Waals surface area (Å²) in [5.41, 5.74) is 4.81. The third kappa shape index (κ3) is 5.59. The standard InChI is InChI=1S/C22H20Br3NO/c1-2-17-5-3-4-6-21(17)26-13-16-11-19(24)22(20(25)12-16)27-14-15-7-9-18(23)10-8-15/h3-12,26H,2,13-14H2,1H3. The van der Waals surface area contributed by atoms with Crippen LogP contribution < -0.4 is 10.1 Å². The van der Waals surface area contributed by atoms with Gasteiger partial charge in [-0.15, -0.1) is 0 Å². The van der Waals surface area contributed by atoms with Crippen LogP contribution in [0.5, 0.6) is 5.75 Å². The summed E-state index contributed by atoms with van der Waals surface area (Å²) in [6.45, 7) is 3.44. The number of halogens is 3. The largest absolute Gasteiger partial charge is 0.487 e. The summed E-state index contributed by atoms with van der Waals surface area (Å²) in [6.07, 6.45) is 1.01. The number of aryl methyl sites for hydroxylation is 1. The van der Waals surface area contributed by atoms with Gasteiger partial charge < -0.3 is 10.1 Å². The SMILES string of the molecule is CCc1ccccc1NCc1cc(Br)c(OCc2ccc(Br)cc2)c(Br)c1. The van der Waals surface area contributed by atoms with Crippen molar-refractivity contribution < 1.29 is 4.74 Å². The fraction of sp³-hybridized carbons (Fsp3) is 0.182. The molecule has 27 heavy (non-hydrogen) atoms. The Morgan fingerprint density at radius 2 is 1.52 bits per heavy atom. The summed E-state index contributed by atoms with van der Waals surface area (Å²) in [5.74, 6) is 0.815. The zero-order chi connectivity index (χ0) is 19.2. The van der Waals surface area contributed by atoms with Crippen LogP contribution in [0.25, 0.3) is 0 Å². The van der Waals surface area contributed by atoms with Crippen molar-refractivity contribution in [2.45, 2.75) is 26.5 Å². The van der Waals surface area contributed by atoms with Gasteiger partial charge >= 0.3 is 0 Å². The van der Waals surface area contributed by atoms with Gasteiger partial charge in [0, 0.05) is 16.7 Å². The molecule has 3 aromatic carbocycles. The van der Waals surface area contributed by atoms with Crippen molar-refractivity contribution in [1.29, 1.82) is 0 Å². The predicted octanol–water partition coefficient (Wildman–Crippen LogP) is 7.73. The Hall–Kier alpha value is -1.30. The number of hydrogen-bond acceptors (Lipinski definition) is 2. The molecule has 0 saturated carbocycles. The number of ether oxygens (including phenoxy) is 1. The molecule has 0 aliphatic rings. The normalized spacial score (nSPS) is 10.7. The zero-order valence-corrected chi connectivity index (χ0v) is 19.7. The third-order valence-electron chi connectivity index (χ3n) is 4.24. The highest BCUT2D eigenvalue weighted by molar-refractivity contribution is 9.11. The van der Waals surface area contributed by atoms with Crippen molar-refractivity contribution in [1.82, 2.24) is 0 Å². The third-order valence-corrected chi connectivity index (χ3v) is 5.94. The Morgan fingerprint density at radius 1 is 0.852 bits per heavy atom. The molecule has 5 heteroatoms. The molecule has 140 valence electrons. The molecular formula is C22H20Br3NO. The smallest absolute Gasteiger partial charge is 0.148 e. The van der Waals surface area contributed by atoms with E-state index in [-0.39, 0.29) is 0 Å². The fourth-order valence-electron chi connectivity index (χ4n) is 2.79. The summed E-state index contributed by atoms with van der Waals surface area (Å²) >= 11 is 10.7. The van der Waals surface area contributed by atoms with Crippen LogP contribution in [0, 0.1) is 0 Å². The van der Waals surface area contributed by atoms with E-state index >= 15 is 0 Å². The van der Waals surface area contributed by atoms with Gasteiger partial charge in [0.05, 0.1) is 8.95 Å². The van der Waals surface area contributed by atoms with Crippen molar-refractivity contribution in [2.24, 2.45) is 0 Å². The Morgan fingerprint density at radius 3 is 2.19 bits per heavy atom. The molecule has 3 aromatic rings. The van der Waals surface area contributed by atoms with Gasteiger partial charge in [-0.05, 0) is 85.3 Å². The molecule has 1 N–H and O–H groups in total. The summed E-state index contributed by atoms with van der Waals surface area (Å²) in [7, 11) is 0. The number of para-hydroxylation sites is 1. The van der Waals surface area contributed by atoms with Crippen LogP contribution in [0.3, 0.4) is 0 Å². The maximum atomic E-state index is 6.02. The van der Waals surface area contributed by atoms with Crippen molar-refractivity contribution in [3.63, 3.8) is 0 Å². The minimum Gasteiger partial charge on any atom is -0.487 e. The maximum Gasteiger partial charge on any atom is 0.148 e. The first-order chi connectivity index (χ1) is 13.1. The van der Waals surface area contributed by atoms with Gasteiger partial charge in [-0.25, -0.2) is 0 Å². The van der Waals surface area contributed by atoms with Gasteiger partial charge in [0.15, 0.2) is 0 Å². The van der Waals surface area contributed by atoms with E-state index < -0.39 is 0 Å². The number of rotatable bonds is 7. The van der Waals surface area contributed by atoms with Crippen LogP contribution in [0.4, 0.5) is 5.69 Å². The highest BCUT2D eigenvalue weighted by atomic mass is 79.9. The average molecular weight is 554 g/mol. The number of anilines is 1. The van der Waals surface area contributed by atoms with E-state index in [2.05, 4.69) is 109 Å². The quantitative estimate of drug-likeness (QED) is 0.323. The minimum absolute atomic E-state index is 0.520. The molecule has 0 aliphatic carbocycles. The Bertz CT molecular complexity index is 887. The lowest BCUT2D eigenvalue weighted by atomic mass is 10.1. The molecule has 0 unspecified atom stereocenters. The summed E-state index contributed by atoms with van der Waals surface area (Å²) in [5, 5.41) is 3.53. The Kier molecular flexibility index (Phi) is 7.39. The van der Waals surface area contributed by atoms with Gasteiger partial charge in [0.25, 0.3) is 0 Å². The zero-order valence-electron chi connectivity index (χ0n) is 14.9. The second kappa shape index (κ2) is 9.76. The van der Waals surface area contributed by atoms with Gasteiger partial charge in [-0.3, -0.25) is 0 Å². The first-order valence-electron chi connectivity index (χ1n) is 8.73.